The van der Waals surface area contributed by atoms with Crippen molar-refractivity contribution >= 4 is 22.9 Å². The van der Waals surface area contributed by atoms with E-state index in [4.69, 9.17) is 4.42 Å². The van der Waals surface area contributed by atoms with Gasteiger partial charge in [-0.05, 0) is 23.6 Å². The highest BCUT2D eigenvalue weighted by Crippen LogP contribution is 2.21. The molecule has 3 rings (SSSR count). The molecule has 1 N–H and O–H groups in total. The van der Waals surface area contributed by atoms with E-state index < -0.39 is 29.8 Å². The summed E-state index contributed by atoms with van der Waals surface area (Å²) in [5.41, 5.74) is -0.315. The van der Waals surface area contributed by atoms with E-state index in [-0.39, 0.29) is 11.6 Å². The lowest BCUT2D eigenvalue weighted by atomic mass is 10.3. The van der Waals surface area contributed by atoms with Gasteiger partial charge in [0, 0.05) is 6.07 Å². The average Bonchev–Trinajstić information content (AvgIpc) is 3.13. The first kappa shape index (κ1) is 15.1. The first-order valence-electron chi connectivity index (χ1n) is 6.39. The van der Waals surface area contributed by atoms with Gasteiger partial charge in [0.05, 0.1) is 10.6 Å². The summed E-state index contributed by atoms with van der Waals surface area (Å²) in [6.07, 6.45) is 0. The van der Waals surface area contributed by atoms with Gasteiger partial charge in [0.1, 0.15) is 18.2 Å². The number of anilines is 1. The van der Waals surface area contributed by atoms with E-state index in [0.717, 1.165) is 22.9 Å². The van der Waals surface area contributed by atoms with Crippen LogP contribution < -0.4 is 11.1 Å². The van der Waals surface area contributed by atoms with Crippen molar-refractivity contribution in [3.05, 3.63) is 57.9 Å². The number of hydrogen-bond donors (Lipinski definition) is 1. The summed E-state index contributed by atoms with van der Waals surface area (Å²) in [5.74, 6) is -2.94. The highest BCUT2D eigenvalue weighted by molar-refractivity contribution is 7.13. The highest BCUT2D eigenvalue weighted by atomic mass is 32.1. The number of benzene rings is 1. The Morgan fingerprint density at radius 3 is 2.91 bits per heavy atom. The summed E-state index contributed by atoms with van der Waals surface area (Å²) in [6, 6.07) is 6.14. The molecule has 0 bridgehead atoms. The Hall–Kier alpha value is -2.81. The monoisotopic (exact) mass is 337 g/mol. The van der Waals surface area contributed by atoms with Gasteiger partial charge in [0.2, 0.25) is 5.91 Å². The number of halogens is 2. The van der Waals surface area contributed by atoms with E-state index in [9.17, 15) is 18.4 Å². The highest BCUT2D eigenvalue weighted by Gasteiger charge is 2.15. The van der Waals surface area contributed by atoms with Crippen molar-refractivity contribution < 1.29 is 18.0 Å². The van der Waals surface area contributed by atoms with Gasteiger partial charge in [-0.1, -0.05) is 6.07 Å². The molecule has 0 aliphatic rings. The number of carbonyl (C=O) groups is 1. The minimum absolute atomic E-state index is 0.0923. The van der Waals surface area contributed by atoms with E-state index in [0.29, 0.717) is 4.88 Å². The molecule has 0 radical (unpaired) electrons. The second-order valence-electron chi connectivity index (χ2n) is 4.48. The maximum absolute atomic E-state index is 13.5. The summed E-state index contributed by atoms with van der Waals surface area (Å²) >= 11 is 1.32. The van der Waals surface area contributed by atoms with E-state index in [1.165, 1.54) is 11.3 Å². The van der Waals surface area contributed by atoms with Crippen LogP contribution in [0.2, 0.25) is 0 Å². The fraction of sp³-hybridized carbons (Fsp3) is 0.0714. The lowest BCUT2D eigenvalue weighted by Crippen LogP contribution is -2.26. The van der Waals surface area contributed by atoms with Gasteiger partial charge in [-0.3, -0.25) is 4.79 Å². The first-order chi connectivity index (χ1) is 11.0. The van der Waals surface area contributed by atoms with Crippen molar-refractivity contribution in [1.29, 1.82) is 0 Å². The third-order valence-electron chi connectivity index (χ3n) is 2.83. The van der Waals surface area contributed by atoms with Crippen LogP contribution in [0.5, 0.6) is 0 Å². The van der Waals surface area contributed by atoms with Crippen LogP contribution in [0, 0.1) is 11.6 Å². The summed E-state index contributed by atoms with van der Waals surface area (Å²) in [7, 11) is 0. The largest absolute Gasteiger partial charge is 0.437 e. The van der Waals surface area contributed by atoms with Crippen molar-refractivity contribution in [1.82, 2.24) is 9.78 Å². The van der Waals surface area contributed by atoms with Gasteiger partial charge in [-0.25, -0.2) is 13.6 Å². The first-order valence-corrected chi connectivity index (χ1v) is 7.27. The molecule has 9 heteroatoms. The molecule has 0 aliphatic heterocycles. The maximum Gasteiger partial charge on any atom is 0.437 e. The Labute approximate surface area is 132 Å². The summed E-state index contributed by atoms with van der Waals surface area (Å²) in [5, 5.41) is 7.86. The molecule has 2 aromatic heterocycles. The molecule has 0 atom stereocenters. The third kappa shape index (κ3) is 3.34. The normalized spacial score (nSPS) is 10.7. The SMILES string of the molecule is O=C(Cn1nc(-c2cccs2)oc1=O)Nc1cc(F)ccc1F. The van der Waals surface area contributed by atoms with Crippen molar-refractivity contribution in [2.75, 3.05) is 5.32 Å². The molecule has 118 valence electrons. The molecule has 23 heavy (non-hydrogen) atoms. The van der Waals surface area contributed by atoms with E-state index >= 15 is 0 Å². The Morgan fingerprint density at radius 1 is 1.35 bits per heavy atom. The average molecular weight is 337 g/mol. The third-order valence-corrected chi connectivity index (χ3v) is 3.69. The van der Waals surface area contributed by atoms with Crippen LogP contribution in [-0.4, -0.2) is 15.7 Å². The fourth-order valence-corrected chi connectivity index (χ4v) is 2.47. The quantitative estimate of drug-likeness (QED) is 0.793. The Morgan fingerprint density at radius 2 is 2.17 bits per heavy atom. The molecule has 0 unspecified atom stereocenters. The molecule has 1 aromatic carbocycles. The Bertz CT molecular complexity index is 902. The minimum atomic E-state index is -0.816. The van der Waals surface area contributed by atoms with E-state index in [2.05, 4.69) is 10.4 Å². The number of nitrogens with zero attached hydrogens (tertiary/aromatic N) is 2. The van der Waals surface area contributed by atoms with E-state index in [1.807, 2.05) is 0 Å². The molecular formula is C14H9F2N3O3S. The van der Waals surface area contributed by atoms with Gasteiger partial charge in [0.15, 0.2) is 0 Å². The molecule has 6 nitrogen and oxygen atoms in total. The molecule has 0 saturated heterocycles. The Balaban J connectivity index is 1.76. The van der Waals surface area contributed by atoms with Crippen molar-refractivity contribution in [2.45, 2.75) is 6.54 Å². The molecule has 0 spiro atoms. The van der Waals surface area contributed by atoms with Crippen LogP contribution in [-0.2, 0) is 11.3 Å². The number of nitrogens with one attached hydrogen (secondary N) is 1. The number of rotatable bonds is 4. The zero-order valence-corrected chi connectivity index (χ0v) is 12.3. The number of hydrogen-bond acceptors (Lipinski definition) is 5. The van der Waals surface area contributed by atoms with Crippen molar-refractivity contribution in [2.24, 2.45) is 0 Å². The molecule has 0 aliphatic carbocycles. The zero-order valence-electron chi connectivity index (χ0n) is 11.5. The van der Waals surface area contributed by atoms with Gasteiger partial charge >= 0.3 is 5.76 Å². The van der Waals surface area contributed by atoms with Crippen molar-refractivity contribution in [3.63, 3.8) is 0 Å². The fourth-order valence-electron chi connectivity index (χ4n) is 1.83. The minimum Gasteiger partial charge on any atom is -0.387 e. The second kappa shape index (κ2) is 6.13. The smallest absolute Gasteiger partial charge is 0.387 e. The summed E-state index contributed by atoms with van der Waals surface area (Å²) < 4.78 is 32.3. The molecule has 0 saturated carbocycles. The van der Waals surface area contributed by atoms with Crippen LogP contribution in [0.15, 0.2) is 44.9 Å². The topological polar surface area (TPSA) is 77.1 Å². The molecule has 2 heterocycles. The van der Waals surface area contributed by atoms with Crippen LogP contribution >= 0.6 is 11.3 Å². The number of amides is 1. The number of thiophene rings is 1. The van der Waals surface area contributed by atoms with Crippen molar-refractivity contribution in [3.8, 4) is 10.8 Å². The van der Waals surface area contributed by atoms with Crippen LogP contribution in [0.3, 0.4) is 0 Å². The Kier molecular flexibility index (Phi) is 4.02. The number of aromatic nitrogens is 2. The van der Waals surface area contributed by atoms with Gasteiger partial charge < -0.3 is 9.73 Å². The predicted octanol–water partition coefficient (Wildman–Crippen LogP) is 2.48. The summed E-state index contributed by atoms with van der Waals surface area (Å²) in [4.78, 5) is 24.2. The molecule has 0 fully saturated rings. The predicted molar refractivity (Wildman–Crippen MR) is 79.1 cm³/mol. The second-order valence-corrected chi connectivity index (χ2v) is 5.43. The van der Waals surface area contributed by atoms with Gasteiger partial charge in [-0.15, -0.1) is 16.4 Å². The van der Waals surface area contributed by atoms with Gasteiger partial charge in [-0.2, -0.15) is 4.68 Å². The lowest BCUT2D eigenvalue weighted by molar-refractivity contribution is -0.117. The van der Waals surface area contributed by atoms with Crippen LogP contribution in [0.4, 0.5) is 14.5 Å². The standard InChI is InChI=1S/C14H9F2N3O3S/c15-8-3-4-9(16)10(6-8)17-12(20)7-19-14(21)22-13(18-19)11-2-1-5-23-11/h1-6H,7H2,(H,17,20). The molecule has 3 aromatic rings. The maximum atomic E-state index is 13.5. The zero-order chi connectivity index (χ0) is 16.4. The molecule has 1 amide bonds. The lowest BCUT2D eigenvalue weighted by Gasteiger charge is -2.05. The van der Waals surface area contributed by atoms with Crippen LogP contribution in [0.1, 0.15) is 0 Å². The van der Waals surface area contributed by atoms with E-state index in [1.54, 1.807) is 17.5 Å². The number of carbonyl (C=O) groups excluding carboxylic acids is 1. The summed E-state index contributed by atoms with van der Waals surface area (Å²) in [6.45, 7) is -0.482. The van der Waals surface area contributed by atoms with Gasteiger partial charge in [0.25, 0.3) is 5.89 Å². The van der Waals surface area contributed by atoms with Crippen LogP contribution in [0.25, 0.3) is 10.8 Å². The molecular weight excluding hydrogens is 328 g/mol.